The Morgan fingerprint density at radius 1 is 1.15 bits per heavy atom. The molecular weight excluding hydrogens is 160 g/mol. The van der Waals surface area contributed by atoms with Crippen molar-refractivity contribution in [3.63, 3.8) is 0 Å². The van der Waals surface area contributed by atoms with Crippen LogP contribution in [0.5, 0.6) is 0 Å². The summed E-state index contributed by atoms with van der Waals surface area (Å²) in [6.07, 6.45) is 10.5. The average Bonchev–Trinajstić information content (AvgIpc) is 2.11. The van der Waals surface area contributed by atoms with Gasteiger partial charge in [0.15, 0.2) is 0 Å². The van der Waals surface area contributed by atoms with Gasteiger partial charge >= 0.3 is 0 Å². The molecule has 1 radical (unpaired) electrons. The van der Waals surface area contributed by atoms with Crippen molar-refractivity contribution in [3.8, 4) is 0 Å². The highest BCUT2D eigenvalue weighted by atomic mass is 16.3. The van der Waals surface area contributed by atoms with E-state index >= 15 is 0 Å². The maximum absolute atomic E-state index is 9.43. The molecule has 0 saturated heterocycles. The van der Waals surface area contributed by atoms with Crippen molar-refractivity contribution in [1.29, 1.82) is 0 Å². The van der Waals surface area contributed by atoms with Crippen molar-refractivity contribution in [2.45, 2.75) is 64.4 Å². The van der Waals surface area contributed by atoms with Crippen LogP contribution in [0.3, 0.4) is 0 Å². The van der Waals surface area contributed by atoms with Crippen molar-refractivity contribution in [2.24, 2.45) is 0 Å². The number of hydrogen-bond donors (Lipinski definition) is 1. The molecule has 0 aromatic heterocycles. The molecule has 0 aliphatic heterocycles. The molecule has 0 aliphatic rings. The first-order valence-corrected chi connectivity index (χ1v) is 5.52. The zero-order chi connectivity index (χ0) is 9.94. The average molecular weight is 183 g/mol. The smallest absolute Gasteiger partial charge is 0.0540 e. The minimum Gasteiger partial charge on any atom is -0.393 e. The molecule has 0 saturated carbocycles. The van der Waals surface area contributed by atoms with Gasteiger partial charge in [-0.1, -0.05) is 45.3 Å². The summed E-state index contributed by atoms with van der Waals surface area (Å²) in [5.74, 6) is 0. The quantitative estimate of drug-likeness (QED) is 0.543. The fraction of sp³-hybridized carbons (Fsp3) is 0.833. The number of rotatable bonds is 9. The van der Waals surface area contributed by atoms with E-state index in [4.69, 9.17) is 6.58 Å². The lowest BCUT2D eigenvalue weighted by atomic mass is 10.1. The summed E-state index contributed by atoms with van der Waals surface area (Å²) < 4.78 is 0. The van der Waals surface area contributed by atoms with Crippen molar-refractivity contribution in [2.75, 3.05) is 0 Å². The molecule has 1 nitrogen and oxygen atoms in total. The molecule has 1 unspecified atom stereocenters. The standard InChI is InChI=1S/C12H23O/c1-3-5-6-7-8-9-11-12(13)10-4-2/h1,3,12-13H,4-11H2,2H3. The Morgan fingerprint density at radius 3 is 2.46 bits per heavy atom. The monoisotopic (exact) mass is 183 g/mol. The van der Waals surface area contributed by atoms with Crippen molar-refractivity contribution in [3.05, 3.63) is 12.7 Å². The minimum absolute atomic E-state index is 0.0638. The van der Waals surface area contributed by atoms with E-state index in [9.17, 15) is 5.11 Å². The van der Waals surface area contributed by atoms with Crippen LogP contribution in [0.1, 0.15) is 58.3 Å². The van der Waals surface area contributed by atoms with Gasteiger partial charge in [0.25, 0.3) is 0 Å². The summed E-state index contributed by atoms with van der Waals surface area (Å²) in [4.78, 5) is 0. The van der Waals surface area contributed by atoms with Crippen LogP contribution in [-0.2, 0) is 0 Å². The van der Waals surface area contributed by atoms with Crippen LogP contribution in [0.25, 0.3) is 0 Å². The zero-order valence-corrected chi connectivity index (χ0v) is 8.84. The van der Waals surface area contributed by atoms with Crippen molar-refractivity contribution >= 4 is 0 Å². The van der Waals surface area contributed by atoms with Gasteiger partial charge in [-0.3, -0.25) is 0 Å². The highest BCUT2D eigenvalue weighted by Crippen LogP contribution is 2.10. The van der Waals surface area contributed by atoms with Gasteiger partial charge in [-0.05, 0) is 25.7 Å². The lowest BCUT2D eigenvalue weighted by molar-refractivity contribution is 0.150. The predicted octanol–water partition coefficient (Wildman–Crippen LogP) is 3.48. The van der Waals surface area contributed by atoms with E-state index in [-0.39, 0.29) is 6.10 Å². The van der Waals surface area contributed by atoms with Gasteiger partial charge in [-0.15, -0.1) is 0 Å². The van der Waals surface area contributed by atoms with Gasteiger partial charge in [0.2, 0.25) is 0 Å². The maximum Gasteiger partial charge on any atom is 0.0540 e. The molecule has 0 amide bonds. The van der Waals surface area contributed by atoms with Crippen LogP contribution in [0.4, 0.5) is 0 Å². The highest BCUT2D eigenvalue weighted by Gasteiger charge is 2.00. The Morgan fingerprint density at radius 2 is 1.85 bits per heavy atom. The second kappa shape index (κ2) is 9.79. The first kappa shape index (κ1) is 12.7. The van der Waals surface area contributed by atoms with E-state index in [1.165, 1.54) is 19.3 Å². The third-order valence-corrected chi connectivity index (χ3v) is 2.28. The molecular formula is C12H23O. The molecule has 0 aromatic rings. The Hall–Kier alpha value is -0.300. The van der Waals surface area contributed by atoms with Gasteiger partial charge in [-0.25, -0.2) is 0 Å². The van der Waals surface area contributed by atoms with E-state index in [0.29, 0.717) is 0 Å². The van der Waals surface area contributed by atoms with Crippen LogP contribution in [0, 0.1) is 6.58 Å². The molecule has 0 rings (SSSR count). The number of allylic oxidation sites excluding steroid dienone is 1. The summed E-state index contributed by atoms with van der Waals surface area (Å²) in [5, 5.41) is 9.43. The Labute approximate surface area is 82.9 Å². The van der Waals surface area contributed by atoms with E-state index in [2.05, 4.69) is 6.92 Å². The van der Waals surface area contributed by atoms with Crippen LogP contribution in [0.15, 0.2) is 6.08 Å². The lowest BCUT2D eigenvalue weighted by Gasteiger charge is -2.07. The summed E-state index contributed by atoms with van der Waals surface area (Å²) in [5.41, 5.74) is 0. The third-order valence-electron chi connectivity index (χ3n) is 2.28. The molecule has 13 heavy (non-hydrogen) atoms. The number of aliphatic hydroxyl groups is 1. The molecule has 0 bridgehead atoms. The Bertz CT molecular complexity index is 110. The molecule has 0 fully saturated rings. The maximum atomic E-state index is 9.43. The SMILES string of the molecule is [CH]=CCCCCCCC(O)CCC. The topological polar surface area (TPSA) is 20.2 Å². The van der Waals surface area contributed by atoms with E-state index in [0.717, 1.165) is 32.1 Å². The summed E-state index contributed by atoms with van der Waals surface area (Å²) in [6.45, 7) is 7.38. The van der Waals surface area contributed by atoms with Crippen LogP contribution in [0.2, 0.25) is 0 Å². The van der Waals surface area contributed by atoms with Crippen molar-refractivity contribution < 1.29 is 5.11 Å². The second-order valence-electron chi connectivity index (χ2n) is 3.67. The van der Waals surface area contributed by atoms with E-state index < -0.39 is 0 Å². The summed E-state index contributed by atoms with van der Waals surface area (Å²) in [7, 11) is 0. The molecule has 0 aliphatic carbocycles. The zero-order valence-electron chi connectivity index (χ0n) is 8.84. The van der Waals surface area contributed by atoms with Gasteiger partial charge in [0.05, 0.1) is 6.10 Å². The fourth-order valence-corrected chi connectivity index (χ4v) is 1.47. The highest BCUT2D eigenvalue weighted by molar-refractivity contribution is 4.62. The van der Waals surface area contributed by atoms with E-state index in [1.54, 1.807) is 6.08 Å². The normalized spacial score (nSPS) is 12.8. The second-order valence-corrected chi connectivity index (χ2v) is 3.67. The number of aliphatic hydroxyl groups excluding tert-OH is 1. The van der Waals surface area contributed by atoms with Gasteiger partial charge < -0.3 is 5.11 Å². The first-order valence-electron chi connectivity index (χ1n) is 5.52. The summed E-state index contributed by atoms with van der Waals surface area (Å²) in [6, 6.07) is 0. The van der Waals surface area contributed by atoms with E-state index in [1.807, 2.05) is 0 Å². The van der Waals surface area contributed by atoms with Crippen LogP contribution >= 0.6 is 0 Å². The molecule has 1 atom stereocenters. The molecule has 0 aromatic carbocycles. The Kier molecular flexibility index (Phi) is 9.56. The number of unbranched alkanes of at least 4 members (excludes halogenated alkanes) is 4. The predicted molar refractivity (Wildman–Crippen MR) is 57.5 cm³/mol. The number of hydrogen-bond acceptors (Lipinski definition) is 1. The lowest BCUT2D eigenvalue weighted by Crippen LogP contribution is -2.04. The van der Waals surface area contributed by atoms with Gasteiger partial charge in [0.1, 0.15) is 0 Å². The largest absolute Gasteiger partial charge is 0.393 e. The summed E-state index contributed by atoms with van der Waals surface area (Å²) >= 11 is 0. The fourth-order valence-electron chi connectivity index (χ4n) is 1.47. The van der Waals surface area contributed by atoms with Crippen LogP contribution < -0.4 is 0 Å². The molecule has 77 valence electrons. The van der Waals surface area contributed by atoms with Gasteiger partial charge in [-0.2, -0.15) is 0 Å². The molecule has 1 heteroatoms. The molecule has 1 N–H and O–H groups in total. The first-order chi connectivity index (χ1) is 6.31. The minimum atomic E-state index is -0.0638. The van der Waals surface area contributed by atoms with Crippen molar-refractivity contribution in [1.82, 2.24) is 0 Å². The Balaban J connectivity index is 3.01. The molecule has 0 spiro atoms. The van der Waals surface area contributed by atoms with Crippen LogP contribution in [-0.4, -0.2) is 11.2 Å². The third kappa shape index (κ3) is 9.62. The molecule has 0 heterocycles. The van der Waals surface area contributed by atoms with Gasteiger partial charge in [0, 0.05) is 0 Å².